The van der Waals surface area contributed by atoms with Gasteiger partial charge in [0.15, 0.2) is 11.6 Å². The summed E-state index contributed by atoms with van der Waals surface area (Å²) in [5.41, 5.74) is 0.629. The molecule has 2 aromatic carbocycles. The van der Waals surface area contributed by atoms with Crippen molar-refractivity contribution in [1.82, 2.24) is 14.9 Å². The second-order valence-electron chi connectivity index (χ2n) is 7.70. The van der Waals surface area contributed by atoms with Crippen LogP contribution in [0.25, 0.3) is 0 Å². The first-order valence-corrected chi connectivity index (χ1v) is 11.9. The Hall–Kier alpha value is -3.11. The number of hydrogen-bond acceptors (Lipinski definition) is 4. The normalized spacial score (nSPS) is 17.1. The largest absolute Gasteiger partial charge is 0.350 e. The van der Waals surface area contributed by atoms with Crippen LogP contribution in [-0.2, 0) is 21.4 Å². The predicted octanol–water partition coefficient (Wildman–Crippen LogP) is 2.74. The average Bonchev–Trinajstić information content (AvgIpc) is 3.05. The van der Waals surface area contributed by atoms with Crippen molar-refractivity contribution < 1.29 is 26.8 Å². The van der Waals surface area contributed by atoms with Crippen molar-refractivity contribution in [2.45, 2.75) is 36.7 Å². The number of amides is 2. The Balaban J connectivity index is 1.62. The fraction of sp³-hybridized carbons (Fsp3) is 0.304. The van der Waals surface area contributed by atoms with Gasteiger partial charge in [-0.3, -0.25) is 9.59 Å². The Kier molecular flexibility index (Phi) is 7.93. The summed E-state index contributed by atoms with van der Waals surface area (Å²) >= 11 is 0. The van der Waals surface area contributed by atoms with Crippen molar-refractivity contribution in [2.75, 3.05) is 13.1 Å². The van der Waals surface area contributed by atoms with Crippen LogP contribution in [0, 0.1) is 11.6 Å². The van der Waals surface area contributed by atoms with E-state index in [1.165, 1.54) is 40.7 Å². The first-order valence-electron chi connectivity index (χ1n) is 10.5. The molecule has 1 atom stereocenters. The summed E-state index contributed by atoms with van der Waals surface area (Å²) in [5, 5.41) is 5.40. The molecule has 0 spiro atoms. The molecule has 1 aliphatic rings. The number of carbonyl (C=O) groups excluding carboxylic acids is 2. The molecule has 2 amide bonds. The SMILES string of the molecule is C=CC(=O)NC1CCCN(S(=O)(=O)c2ccc(C(=O)NCc3ccc(F)c(F)c3)cc2)CC1. The molecular weight excluding hydrogens is 452 g/mol. The molecule has 10 heteroatoms. The maximum absolute atomic E-state index is 13.3. The summed E-state index contributed by atoms with van der Waals surface area (Å²) in [6, 6.07) is 8.76. The fourth-order valence-corrected chi connectivity index (χ4v) is 5.07. The summed E-state index contributed by atoms with van der Waals surface area (Å²) in [6.07, 6.45) is 2.95. The van der Waals surface area contributed by atoms with E-state index in [4.69, 9.17) is 0 Å². The fourth-order valence-electron chi connectivity index (χ4n) is 3.58. The minimum Gasteiger partial charge on any atom is -0.350 e. The first-order chi connectivity index (χ1) is 15.7. The molecule has 1 heterocycles. The minimum absolute atomic E-state index is 0.00653. The van der Waals surface area contributed by atoms with Gasteiger partial charge in [-0.25, -0.2) is 17.2 Å². The Bertz CT molecular complexity index is 1140. The van der Waals surface area contributed by atoms with E-state index >= 15 is 0 Å². The molecule has 1 aliphatic heterocycles. The number of carbonyl (C=O) groups is 2. The van der Waals surface area contributed by atoms with E-state index in [0.29, 0.717) is 31.4 Å². The van der Waals surface area contributed by atoms with Gasteiger partial charge in [0.1, 0.15) is 0 Å². The first kappa shape index (κ1) is 24.5. The molecule has 0 aliphatic carbocycles. The molecule has 1 unspecified atom stereocenters. The number of rotatable bonds is 7. The lowest BCUT2D eigenvalue weighted by atomic mass is 10.1. The van der Waals surface area contributed by atoms with Gasteiger partial charge >= 0.3 is 0 Å². The number of nitrogens with zero attached hydrogens (tertiary/aromatic N) is 1. The van der Waals surface area contributed by atoms with E-state index < -0.39 is 27.6 Å². The topological polar surface area (TPSA) is 95.6 Å². The second kappa shape index (κ2) is 10.7. The highest BCUT2D eigenvalue weighted by Crippen LogP contribution is 2.21. The molecule has 0 aromatic heterocycles. The van der Waals surface area contributed by atoms with Crippen molar-refractivity contribution >= 4 is 21.8 Å². The monoisotopic (exact) mass is 477 g/mol. The van der Waals surface area contributed by atoms with Gasteiger partial charge in [0.25, 0.3) is 5.91 Å². The van der Waals surface area contributed by atoms with Crippen LogP contribution in [0.15, 0.2) is 60.0 Å². The van der Waals surface area contributed by atoms with Crippen molar-refractivity contribution in [3.8, 4) is 0 Å². The maximum Gasteiger partial charge on any atom is 0.251 e. The number of halogens is 2. The zero-order chi connectivity index (χ0) is 24.0. The third kappa shape index (κ3) is 6.23. The Morgan fingerprint density at radius 2 is 1.79 bits per heavy atom. The van der Waals surface area contributed by atoms with Gasteiger partial charge in [0, 0.05) is 31.2 Å². The number of hydrogen-bond donors (Lipinski definition) is 2. The molecule has 0 bridgehead atoms. The molecule has 0 radical (unpaired) electrons. The maximum atomic E-state index is 13.3. The Morgan fingerprint density at radius 3 is 2.45 bits per heavy atom. The van der Waals surface area contributed by atoms with E-state index in [0.717, 1.165) is 12.1 Å². The average molecular weight is 478 g/mol. The van der Waals surface area contributed by atoms with Crippen molar-refractivity contribution in [3.63, 3.8) is 0 Å². The van der Waals surface area contributed by atoms with Crippen LogP contribution in [0.3, 0.4) is 0 Å². The van der Waals surface area contributed by atoms with Gasteiger partial charge in [0.2, 0.25) is 15.9 Å². The zero-order valence-corrected chi connectivity index (χ0v) is 18.7. The number of nitrogens with one attached hydrogen (secondary N) is 2. The lowest BCUT2D eigenvalue weighted by Gasteiger charge is -2.20. The molecule has 7 nitrogen and oxygen atoms in total. The molecule has 176 valence electrons. The summed E-state index contributed by atoms with van der Waals surface area (Å²) in [6.45, 7) is 4.01. The molecule has 3 rings (SSSR count). The summed E-state index contributed by atoms with van der Waals surface area (Å²) in [5.74, 6) is -2.73. The Labute approximate surface area is 191 Å². The lowest BCUT2D eigenvalue weighted by molar-refractivity contribution is -0.117. The van der Waals surface area contributed by atoms with Crippen LogP contribution in [0.2, 0.25) is 0 Å². The van der Waals surface area contributed by atoms with Crippen LogP contribution < -0.4 is 10.6 Å². The van der Waals surface area contributed by atoms with Crippen molar-refractivity contribution in [1.29, 1.82) is 0 Å². The van der Waals surface area contributed by atoms with E-state index in [1.54, 1.807) is 0 Å². The Morgan fingerprint density at radius 1 is 1.06 bits per heavy atom. The number of sulfonamides is 1. The van der Waals surface area contributed by atoms with Crippen LogP contribution in [0.1, 0.15) is 35.2 Å². The molecule has 0 saturated carbocycles. The standard InChI is InChI=1S/C23H25F2N3O4S/c1-2-22(29)27-18-4-3-12-28(13-11-18)33(31,32)19-8-6-17(7-9-19)23(30)26-15-16-5-10-20(24)21(25)14-16/h2,5-10,14,18H,1,3-4,11-13,15H2,(H,26,30)(H,27,29). The molecule has 1 saturated heterocycles. The van der Waals surface area contributed by atoms with Gasteiger partial charge in [-0.15, -0.1) is 0 Å². The summed E-state index contributed by atoms with van der Waals surface area (Å²) < 4.78 is 53.7. The smallest absolute Gasteiger partial charge is 0.251 e. The molecule has 1 fully saturated rings. The van der Waals surface area contributed by atoms with Crippen LogP contribution >= 0.6 is 0 Å². The second-order valence-corrected chi connectivity index (χ2v) is 9.64. The zero-order valence-electron chi connectivity index (χ0n) is 17.9. The number of benzene rings is 2. The van der Waals surface area contributed by atoms with Gasteiger partial charge in [0.05, 0.1) is 4.90 Å². The molecule has 33 heavy (non-hydrogen) atoms. The minimum atomic E-state index is -3.76. The van der Waals surface area contributed by atoms with Crippen molar-refractivity contribution in [3.05, 3.63) is 77.9 Å². The third-order valence-electron chi connectivity index (χ3n) is 5.41. The molecule has 2 aromatic rings. The summed E-state index contributed by atoms with van der Waals surface area (Å²) in [7, 11) is -3.76. The highest BCUT2D eigenvalue weighted by atomic mass is 32.2. The van der Waals surface area contributed by atoms with Gasteiger partial charge in [-0.05, 0) is 67.3 Å². The lowest BCUT2D eigenvalue weighted by Crippen LogP contribution is -2.36. The van der Waals surface area contributed by atoms with Crippen LogP contribution in [0.5, 0.6) is 0 Å². The predicted molar refractivity (Wildman–Crippen MR) is 119 cm³/mol. The van der Waals surface area contributed by atoms with E-state index in [2.05, 4.69) is 17.2 Å². The quantitative estimate of drug-likeness (QED) is 0.600. The van der Waals surface area contributed by atoms with Crippen molar-refractivity contribution in [2.24, 2.45) is 0 Å². The molecule has 2 N–H and O–H groups in total. The van der Waals surface area contributed by atoms with E-state index in [1.807, 2.05) is 0 Å². The van der Waals surface area contributed by atoms with Gasteiger partial charge in [-0.2, -0.15) is 4.31 Å². The highest BCUT2D eigenvalue weighted by molar-refractivity contribution is 7.89. The van der Waals surface area contributed by atoms with E-state index in [9.17, 15) is 26.8 Å². The molecular formula is C23H25F2N3O4S. The van der Waals surface area contributed by atoms with E-state index in [-0.39, 0.29) is 35.5 Å². The van der Waals surface area contributed by atoms with Crippen LogP contribution in [-0.4, -0.2) is 43.7 Å². The van der Waals surface area contributed by atoms with Gasteiger partial charge < -0.3 is 10.6 Å². The van der Waals surface area contributed by atoms with Crippen LogP contribution in [0.4, 0.5) is 8.78 Å². The third-order valence-corrected chi connectivity index (χ3v) is 7.32. The van der Waals surface area contributed by atoms with Gasteiger partial charge in [-0.1, -0.05) is 12.6 Å². The highest BCUT2D eigenvalue weighted by Gasteiger charge is 2.28. The summed E-state index contributed by atoms with van der Waals surface area (Å²) in [4.78, 5) is 23.9.